The topological polar surface area (TPSA) is 3.24 Å². The first-order valence-electron chi connectivity index (χ1n) is 6.53. The Morgan fingerprint density at radius 2 is 1.41 bits per heavy atom. The Kier molecular flexibility index (Phi) is 9.83. The Hall–Kier alpha value is -0.980. The zero-order valence-electron chi connectivity index (χ0n) is 11.9. The lowest BCUT2D eigenvalue weighted by Crippen LogP contribution is -2.25. The van der Waals surface area contributed by atoms with E-state index in [9.17, 15) is 0 Å². The van der Waals surface area contributed by atoms with E-state index in [0.29, 0.717) is 12.0 Å². The summed E-state index contributed by atoms with van der Waals surface area (Å²) in [4.78, 5) is 2.36. The van der Waals surface area contributed by atoms with E-state index in [0.717, 1.165) is 0 Å². The molecule has 0 aliphatic carbocycles. The SMILES string of the molecule is C.CC.CC.C[C@@H]1c2ccccc2N(C)[C@@H]1C. The van der Waals surface area contributed by atoms with Crippen LogP contribution in [-0.2, 0) is 0 Å². The number of para-hydroxylation sites is 1. The Balaban J connectivity index is 0. The first-order chi connectivity index (χ1) is 7.72. The first kappa shape index (κ1) is 18.4. The fraction of sp³-hybridized carbons (Fsp3) is 0.625. The monoisotopic (exact) mass is 237 g/mol. The van der Waals surface area contributed by atoms with Crippen LogP contribution in [0.3, 0.4) is 0 Å². The fourth-order valence-corrected chi connectivity index (χ4v) is 2.01. The first-order valence-corrected chi connectivity index (χ1v) is 6.53. The molecule has 0 bridgehead atoms. The molecule has 0 saturated heterocycles. The van der Waals surface area contributed by atoms with Crippen LogP contribution in [0.25, 0.3) is 0 Å². The standard InChI is InChI=1S/C11H15N.2C2H6.CH4/c1-8-9(2)12(3)11-7-5-4-6-10(8)11;2*1-2;/h4-9H,1-3H3;2*1-2H3;1H4/t8-,9+;;;/m0.../s1. The van der Waals surface area contributed by atoms with Crippen LogP contribution in [0.15, 0.2) is 24.3 Å². The minimum Gasteiger partial charge on any atom is -0.371 e. The van der Waals surface area contributed by atoms with Crippen LogP contribution in [-0.4, -0.2) is 13.1 Å². The zero-order chi connectivity index (χ0) is 12.7. The normalized spacial score (nSPS) is 20.1. The molecule has 0 amide bonds. The summed E-state index contributed by atoms with van der Waals surface area (Å²) in [5.74, 6) is 0.672. The van der Waals surface area contributed by atoms with Crippen molar-refractivity contribution in [2.75, 3.05) is 11.9 Å². The molecule has 1 nitrogen and oxygen atoms in total. The summed E-state index contributed by atoms with van der Waals surface area (Å²) in [6, 6.07) is 9.32. The number of anilines is 1. The van der Waals surface area contributed by atoms with Crippen LogP contribution in [0.2, 0.25) is 0 Å². The summed E-state index contributed by atoms with van der Waals surface area (Å²) in [6.07, 6.45) is 0. The van der Waals surface area contributed by atoms with Crippen molar-refractivity contribution >= 4 is 5.69 Å². The van der Waals surface area contributed by atoms with Crippen LogP contribution in [0.4, 0.5) is 5.69 Å². The number of hydrogen-bond acceptors (Lipinski definition) is 1. The second-order valence-corrected chi connectivity index (χ2v) is 3.70. The molecule has 1 aliphatic rings. The average molecular weight is 237 g/mol. The molecule has 1 aromatic carbocycles. The van der Waals surface area contributed by atoms with Gasteiger partial charge in [-0.15, -0.1) is 0 Å². The van der Waals surface area contributed by atoms with Crippen LogP contribution < -0.4 is 4.90 Å². The van der Waals surface area contributed by atoms with E-state index in [2.05, 4.69) is 50.1 Å². The second kappa shape index (κ2) is 9.09. The van der Waals surface area contributed by atoms with Gasteiger partial charge in [0.2, 0.25) is 0 Å². The maximum Gasteiger partial charge on any atom is 0.0402 e. The highest BCUT2D eigenvalue weighted by molar-refractivity contribution is 5.60. The second-order valence-electron chi connectivity index (χ2n) is 3.70. The molecule has 0 unspecified atom stereocenters. The van der Waals surface area contributed by atoms with Gasteiger partial charge in [0.15, 0.2) is 0 Å². The molecule has 1 heterocycles. The zero-order valence-corrected chi connectivity index (χ0v) is 11.9. The summed E-state index contributed by atoms with van der Waals surface area (Å²) >= 11 is 0. The summed E-state index contributed by atoms with van der Waals surface area (Å²) in [5, 5.41) is 0. The summed E-state index contributed by atoms with van der Waals surface area (Å²) in [7, 11) is 2.17. The lowest BCUT2D eigenvalue weighted by molar-refractivity contribution is 0.626. The van der Waals surface area contributed by atoms with Crippen LogP contribution >= 0.6 is 0 Å². The van der Waals surface area contributed by atoms with Gasteiger partial charge in [-0.25, -0.2) is 0 Å². The number of benzene rings is 1. The molecule has 100 valence electrons. The summed E-state index contributed by atoms with van der Waals surface area (Å²) in [6.45, 7) is 12.6. The Labute approximate surface area is 109 Å². The highest BCUT2D eigenvalue weighted by atomic mass is 15.2. The molecule has 1 aliphatic heterocycles. The largest absolute Gasteiger partial charge is 0.371 e. The van der Waals surface area contributed by atoms with E-state index in [1.54, 1.807) is 0 Å². The van der Waals surface area contributed by atoms with Crippen molar-refractivity contribution in [3.8, 4) is 0 Å². The molecule has 0 radical (unpaired) electrons. The van der Waals surface area contributed by atoms with E-state index < -0.39 is 0 Å². The predicted molar refractivity (Wildman–Crippen MR) is 82.1 cm³/mol. The quantitative estimate of drug-likeness (QED) is 0.590. The number of likely N-dealkylation sites (N-methyl/N-ethyl adjacent to an activating group) is 1. The molecule has 0 aromatic heterocycles. The van der Waals surface area contributed by atoms with E-state index in [1.165, 1.54) is 11.3 Å². The predicted octanol–water partition coefficient (Wildman–Crippen LogP) is 5.32. The highest BCUT2D eigenvalue weighted by Crippen LogP contribution is 2.38. The maximum atomic E-state index is 2.36. The lowest BCUT2D eigenvalue weighted by atomic mass is 9.99. The number of fused-ring (bicyclic) bond motifs is 1. The molecule has 2 rings (SSSR count). The molecule has 2 atom stereocenters. The molecule has 0 saturated carbocycles. The van der Waals surface area contributed by atoms with Gasteiger partial charge in [-0.2, -0.15) is 0 Å². The van der Waals surface area contributed by atoms with E-state index in [1.807, 2.05) is 27.7 Å². The van der Waals surface area contributed by atoms with Gasteiger partial charge in [-0.05, 0) is 18.6 Å². The fourth-order valence-electron chi connectivity index (χ4n) is 2.01. The van der Waals surface area contributed by atoms with Crippen molar-refractivity contribution in [1.82, 2.24) is 0 Å². The van der Waals surface area contributed by atoms with Gasteiger partial charge in [-0.3, -0.25) is 0 Å². The van der Waals surface area contributed by atoms with E-state index in [-0.39, 0.29) is 7.43 Å². The van der Waals surface area contributed by atoms with Crippen molar-refractivity contribution in [2.24, 2.45) is 0 Å². The minimum absolute atomic E-state index is 0. The van der Waals surface area contributed by atoms with Gasteiger partial charge >= 0.3 is 0 Å². The third-order valence-corrected chi connectivity index (χ3v) is 3.14. The average Bonchev–Trinajstić information content (AvgIpc) is 2.60. The molecule has 0 spiro atoms. The van der Waals surface area contributed by atoms with Crippen LogP contribution in [0.1, 0.15) is 60.5 Å². The number of nitrogens with zero attached hydrogens (tertiary/aromatic N) is 1. The molecular weight excluding hydrogens is 206 g/mol. The Morgan fingerprint density at radius 1 is 0.941 bits per heavy atom. The van der Waals surface area contributed by atoms with Crippen LogP contribution in [0, 0.1) is 0 Å². The molecule has 17 heavy (non-hydrogen) atoms. The van der Waals surface area contributed by atoms with Gasteiger partial charge in [0.05, 0.1) is 0 Å². The van der Waals surface area contributed by atoms with Gasteiger partial charge in [0, 0.05) is 24.7 Å². The third-order valence-electron chi connectivity index (χ3n) is 3.14. The lowest BCUT2D eigenvalue weighted by Gasteiger charge is -2.20. The van der Waals surface area contributed by atoms with Crippen molar-refractivity contribution in [3.05, 3.63) is 29.8 Å². The Bertz CT molecular complexity index is 264. The molecular formula is C16H31N. The van der Waals surface area contributed by atoms with E-state index in [4.69, 9.17) is 0 Å². The van der Waals surface area contributed by atoms with Gasteiger partial charge in [-0.1, -0.05) is 60.2 Å². The van der Waals surface area contributed by atoms with Crippen molar-refractivity contribution in [3.63, 3.8) is 0 Å². The summed E-state index contributed by atoms with van der Waals surface area (Å²) in [5.41, 5.74) is 2.89. The Morgan fingerprint density at radius 3 is 1.88 bits per heavy atom. The molecule has 1 heteroatoms. The molecule has 0 fully saturated rings. The van der Waals surface area contributed by atoms with Crippen LogP contribution in [0.5, 0.6) is 0 Å². The van der Waals surface area contributed by atoms with Gasteiger partial charge in [0.1, 0.15) is 0 Å². The molecule has 1 aromatic rings. The van der Waals surface area contributed by atoms with Crippen molar-refractivity contribution in [1.29, 1.82) is 0 Å². The molecule has 0 N–H and O–H groups in total. The number of rotatable bonds is 0. The van der Waals surface area contributed by atoms with Crippen molar-refractivity contribution < 1.29 is 0 Å². The smallest absolute Gasteiger partial charge is 0.0402 e. The van der Waals surface area contributed by atoms with E-state index >= 15 is 0 Å². The highest BCUT2D eigenvalue weighted by Gasteiger charge is 2.29. The van der Waals surface area contributed by atoms with Gasteiger partial charge in [0.25, 0.3) is 0 Å². The maximum absolute atomic E-state index is 2.36. The minimum atomic E-state index is 0. The van der Waals surface area contributed by atoms with Crippen molar-refractivity contribution in [2.45, 2.75) is 60.9 Å². The van der Waals surface area contributed by atoms with Gasteiger partial charge < -0.3 is 4.90 Å². The third kappa shape index (κ3) is 3.76. The number of hydrogen-bond donors (Lipinski definition) is 0. The summed E-state index contributed by atoms with van der Waals surface area (Å²) < 4.78 is 0.